The first kappa shape index (κ1) is 20.7. The van der Waals surface area contributed by atoms with E-state index in [9.17, 15) is 18.0 Å². The second-order valence-electron chi connectivity index (χ2n) is 6.41. The number of anilines is 2. The number of fused-ring (bicyclic) bond motifs is 1. The van der Waals surface area contributed by atoms with Crippen molar-refractivity contribution in [2.24, 2.45) is 0 Å². The topological polar surface area (TPSA) is 85.4 Å². The van der Waals surface area contributed by atoms with E-state index in [-0.39, 0.29) is 27.9 Å². The Morgan fingerprint density at radius 3 is 2.68 bits per heavy atom. The molecule has 1 aliphatic heterocycles. The molecule has 2 heterocycles. The summed E-state index contributed by atoms with van der Waals surface area (Å²) < 4.78 is 49.3. The Kier molecular flexibility index (Phi) is 5.55. The number of nitrogens with one attached hydrogen (secondary N) is 2. The Morgan fingerprint density at radius 2 is 1.94 bits per heavy atom. The highest BCUT2D eigenvalue weighted by Gasteiger charge is 2.30. The molecule has 2 aromatic carbocycles. The highest BCUT2D eigenvalue weighted by molar-refractivity contribution is 6.32. The molecule has 0 atom stereocenters. The molecule has 0 saturated carbocycles. The van der Waals surface area contributed by atoms with Crippen LogP contribution in [0.25, 0.3) is 0 Å². The molecule has 0 spiro atoms. The standard InChI is InChI=1S/C20H14ClF3N4O3/c21-14-6-1-11(18(29)28-13-4-2-12(3-5-13)20(22,23)24)9-15(14)31-19-16-17(26-10-27-19)25-7-8-30-16/h1-6,9-10H,7-8H2,(H,28,29)(H,25,26,27). The Bertz CT molecular complexity index is 1120. The SMILES string of the molecule is O=C(Nc1ccc(C(F)(F)F)cc1)c1ccc(Cl)c(Oc2ncnc3c2OCCN3)c1. The maximum absolute atomic E-state index is 12.7. The van der Waals surface area contributed by atoms with Crippen LogP contribution in [-0.4, -0.2) is 29.0 Å². The minimum Gasteiger partial charge on any atom is -0.483 e. The van der Waals surface area contributed by atoms with Gasteiger partial charge in [-0.15, -0.1) is 0 Å². The molecule has 0 unspecified atom stereocenters. The molecule has 4 rings (SSSR count). The van der Waals surface area contributed by atoms with Crippen LogP contribution in [0.3, 0.4) is 0 Å². The molecular formula is C20H14ClF3N4O3. The molecule has 0 radical (unpaired) electrons. The third kappa shape index (κ3) is 4.64. The van der Waals surface area contributed by atoms with Crippen molar-refractivity contribution in [2.45, 2.75) is 6.18 Å². The second-order valence-corrected chi connectivity index (χ2v) is 6.82. The molecule has 0 aliphatic carbocycles. The van der Waals surface area contributed by atoms with Crippen LogP contribution in [-0.2, 0) is 6.18 Å². The molecular weight excluding hydrogens is 437 g/mol. The lowest BCUT2D eigenvalue weighted by molar-refractivity contribution is -0.137. The number of carbonyl (C=O) groups excluding carboxylic acids is 1. The first-order chi connectivity index (χ1) is 14.8. The lowest BCUT2D eigenvalue weighted by atomic mass is 10.1. The Labute approximate surface area is 179 Å². The van der Waals surface area contributed by atoms with Crippen molar-refractivity contribution in [1.29, 1.82) is 0 Å². The lowest BCUT2D eigenvalue weighted by Crippen LogP contribution is -2.19. The van der Waals surface area contributed by atoms with Crippen LogP contribution in [0.15, 0.2) is 48.8 Å². The van der Waals surface area contributed by atoms with Crippen molar-refractivity contribution >= 4 is 29.0 Å². The van der Waals surface area contributed by atoms with E-state index in [1.165, 1.54) is 36.7 Å². The maximum atomic E-state index is 12.7. The van der Waals surface area contributed by atoms with Gasteiger partial charge in [-0.2, -0.15) is 18.2 Å². The number of hydrogen-bond donors (Lipinski definition) is 2. The van der Waals surface area contributed by atoms with Gasteiger partial charge in [0, 0.05) is 11.3 Å². The van der Waals surface area contributed by atoms with Crippen LogP contribution in [0.5, 0.6) is 17.4 Å². The number of ether oxygens (including phenoxy) is 2. The summed E-state index contributed by atoms with van der Waals surface area (Å²) in [6.45, 7) is 0.990. The van der Waals surface area contributed by atoms with Crippen LogP contribution in [0.1, 0.15) is 15.9 Å². The van der Waals surface area contributed by atoms with Gasteiger partial charge in [-0.3, -0.25) is 4.79 Å². The molecule has 2 N–H and O–H groups in total. The van der Waals surface area contributed by atoms with Crippen molar-refractivity contribution in [1.82, 2.24) is 9.97 Å². The van der Waals surface area contributed by atoms with Gasteiger partial charge in [0.1, 0.15) is 18.7 Å². The summed E-state index contributed by atoms with van der Waals surface area (Å²) in [5.74, 6) is 0.521. The van der Waals surface area contributed by atoms with Gasteiger partial charge < -0.3 is 20.1 Å². The maximum Gasteiger partial charge on any atom is 0.416 e. The van der Waals surface area contributed by atoms with Crippen LogP contribution in [0.4, 0.5) is 24.7 Å². The number of amides is 1. The van der Waals surface area contributed by atoms with Crippen LogP contribution < -0.4 is 20.1 Å². The summed E-state index contributed by atoms with van der Waals surface area (Å²) in [4.78, 5) is 20.7. The fourth-order valence-electron chi connectivity index (χ4n) is 2.78. The van der Waals surface area contributed by atoms with E-state index in [4.69, 9.17) is 21.1 Å². The summed E-state index contributed by atoms with van der Waals surface area (Å²) in [5.41, 5.74) is -0.418. The van der Waals surface area contributed by atoms with Crippen LogP contribution >= 0.6 is 11.6 Å². The third-order valence-corrected chi connectivity index (χ3v) is 4.59. The number of rotatable bonds is 4. The van der Waals surface area contributed by atoms with Crippen molar-refractivity contribution in [3.8, 4) is 17.4 Å². The number of alkyl halides is 3. The van der Waals surface area contributed by atoms with Crippen molar-refractivity contribution in [3.63, 3.8) is 0 Å². The minimum atomic E-state index is -4.45. The van der Waals surface area contributed by atoms with E-state index >= 15 is 0 Å². The number of nitrogens with zero attached hydrogens (tertiary/aromatic N) is 2. The summed E-state index contributed by atoms with van der Waals surface area (Å²) >= 11 is 6.19. The minimum absolute atomic E-state index is 0.124. The molecule has 1 aromatic heterocycles. The Morgan fingerprint density at radius 1 is 1.16 bits per heavy atom. The second kappa shape index (κ2) is 8.31. The van der Waals surface area contributed by atoms with Crippen molar-refractivity contribution in [3.05, 3.63) is 64.9 Å². The summed E-state index contributed by atoms with van der Waals surface area (Å²) in [5, 5.41) is 5.81. The molecule has 1 aliphatic rings. The third-order valence-electron chi connectivity index (χ3n) is 4.28. The number of benzene rings is 2. The molecule has 1 amide bonds. The Balaban J connectivity index is 1.53. The van der Waals surface area contributed by atoms with Crippen LogP contribution in [0.2, 0.25) is 5.02 Å². The van der Waals surface area contributed by atoms with Gasteiger partial charge in [-0.05, 0) is 42.5 Å². The molecule has 0 saturated heterocycles. The predicted molar refractivity (Wildman–Crippen MR) is 107 cm³/mol. The quantitative estimate of drug-likeness (QED) is 0.582. The smallest absolute Gasteiger partial charge is 0.416 e. The first-order valence-electron chi connectivity index (χ1n) is 8.99. The van der Waals surface area contributed by atoms with Gasteiger partial charge in [0.25, 0.3) is 11.8 Å². The first-order valence-corrected chi connectivity index (χ1v) is 9.37. The molecule has 7 nitrogen and oxygen atoms in total. The molecule has 0 fully saturated rings. The lowest BCUT2D eigenvalue weighted by Gasteiger charge is -2.19. The average molecular weight is 451 g/mol. The number of hydrogen-bond acceptors (Lipinski definition) is 6. The van der Waals surface area contributed by atoms with Gasteiger partial charge in [-0.25, -0.2) is 4.98 Å². The number of carbonyl (C=O) groups is 1. The zero-order valence-electron chi connectivity index (χ0n) is 15.7. The number of halogens is 4. The van der Waals surface area contributed by atoms with E-state index in [1.54, 1.807) is 0 Å². The molecule has 0 bridgehead atoms. The van der Waals surface area contributed by atoms with E-state index in [0.717, 1.165) is 12.1 Å². The summed E-state index contributed by atoms with van der Waals surface area (Å²) in [6.07, 6.45) is -3.16. The van der Waals surface area contributed by atoms with E-state index in [1.807, 2.05) is 0 Å². The summed E-state index contributed by atoms with van der Waals surface area (Å²) in [7, 11) is 0. The Hall–Kier alpha value is -3.53. The normalized spacial score (nSPS) is 12.9. The highest BCUT2D eigenvalue weighted by Crippen LogP contribution is 2.38. The zero-order chi connectivity index (χ0) is 22.0. The van der Waals surface area contributed by atoms with E-state index in [2.05, 4.69) is 20.6 Å². The molecule has 3 aromatic rings. The van der Waals surface area contributed by atoms with Gasteiger partial charge in [0.05, 0.1) is 17.1 Å². The number of aromatic nitrogens is 2. The highest BCUT2D eigenvalue weighted by atomic mass is 35.5. The van der Waals surface area contributed by atoms with Gasteiger partial charge in [0.2, 0.25) is 5.75 Å². The fourth-order valence-corrected chi connectivity index (χ4v) is 2.94. The van der Waals surface area contributed by atoms with Gasteiger partial charge in [-0.1, -0.05) is 11.6 Å². The van der Waals surface area contributed by atoms with Crippen LogP contribution in [0, 0.1) is 0 Å². The van der Waals surface area contributed by atoms with E-state index in [0.29, 0.717) is 24.7 Å². The van der Waals surface area contributed by atoms with Gasteiger partial charge >= 0.3 is 6.18 Å². The van der Waals surface area contributed by atoms with Crippen molar-refractivity contribution in [2.75, 3.05) is 23.8 Å². The van der Waals surface area contributed by atoms with Gasteiger partial charge in [0.15, 0.2) is 5.82 Å². The molecule has 160 valence electrons. The fraction of sp³-hybridized carbons (Fsp3) is 0.150. The average Bonchev–Trinajstić information content (AvgIpc) is 2.75. The molecule has 31 heavy (non-hydrogen) atoms. The monoisotopic (exact) mass is 450 g/mol. The predicted octanol–water partition coefficient (Wildman–Crippen LogP) is 5.00. The zero-order valence-corrected chi connectivity index (χ0v) is 16.4. The van der Waals surface area contributed by atoms with E-state index < -0.39 is 17.6 Å². The molecule has 11 heteroatoms. The largest absolute Gasteiger partial charge is 0.483 e. The summed E-state index contributed by atoms with van der Waals surface area (Å²) in [6, 6.07) is 8.44. The van der Waals surface area contributed by atoms with Crippen molar-refractivity contribution < 1.29 is 27.4 Å².